The molecular weight excluding hydrogens is 424 g/mol. The number of carbonyl (C=O) groups excluding carboxylic acids is 2. The molecule has 9 heteroatoms. The first-order valence-corrected chi connectivity index (χ1v) is 11.6. The highest BCUT2D eigenvalue weighted by Gasteiger charge is 2.32. The molecule has 2 amide bonds. The maximum Gasteiger partial charge on any atom is 0.331 e. The number of ether oxygens (including phenoxy) is 1. The Hall–Kier alpha value is -2.94. The van der Waals surface area contributed by atoms with E-state index in [2.05, 4.69) is 0 Å². The van der Waals surface area contributed by atoms with Gasteiger partial charge in [-0.15, -0.1) is 0 Å². The van der Waals surface area contributed by atoms with E-state index in [4.69, 9.17) is 4.74 Å². The summed E-state index contributed by atoms with van der Waals surface area (Å²) in [5, 5.41) is 0.548. The first kappa shape index (κ1) is 23.2. The minimum absolute atomic E-state index is 0.0290. The van der Waals surface area contributed by atoms with E-state index in [0.717, 1.165) is 25.7 Å². The van der Waals surface area contributed by atoms with Gasteiger partial charge in [-0.1, -0.05) is 12.1 Å². The van der Waals surface area contributed by atoms with Gasteiger partial charge in [0.1, 0.15) is 6.61 Å². The number of hydrogen-bond donors (Lipinski definition) is 0. The highest BCUT2D eigenvalue weighted by Crippen LogP contribution is 2.31. The second kappa shape index (κ2) is 9.91. The van der Waals surface area contributed by atoms with Crippen LogP contribution < -0.4 is 11.2 Å². The molecule has 9 nitrogen and oxygen atoms in total. The predicted octanol–water partition coefficient (Wildman–Crippen LogP) is 0.824. The Bertz CT molecular complexity index is 1140. The van der Waals surface area contributed by atoms with Crippen LogP contribution >= 0.6 is 0 Å². The Morgan fingerprint density at radius 3 is 2.27 bits per heavy atom. The van der Waals surface area contributed by atoms with Crippen molar-refractivity contribution in [3.8, 4) is 0 Å². The molecule has 2 aliphatic rings. The van der Waals surface area contributed by atoms with Crippen LogP contribution in [0.25, 0.3) is 10.9 Å². The van der Waals surface area contributed by atoms with Crippen LogP contribution in [-0.4, -0.2) is 70.6 Å². The topological polar surface area (TPSA) is 93.8 Å². The summed E-state index contributed by atoms with van der Waals surface area (Å²) in [6.07, 6.45) is 3.14. The van der Waals surface area contributed by atoms with Crippen LogP contribution in [0.2, 0.25) is 0 Å². The first-order chi connectivity index (χ1) is 15.9. The fourth-order valence-corrected chi connectivity index (χ4v) is 5.12. The number of piperazine rings is 1. The van der Waals surface area contributed by atoms with Crippen molar-refractivity contribution in [3.63, 3.8) is 0 Å². The van der Waals surface area contributed by atoms with Crippen molar-refractivity contribution in [2.45, 2.75) is 32.2 Å². The van der Waals surface area contributed by atoms with Crippen molar-refractivity contribution in [3.05, 3.63) is 45.1 Å². The summed E-state index contributed by atoms with van der Waals surface area (Å²) >= 11 is 0. The number of aromatic nitrogens is 2. The molecule has 1 aromatic carbocycles. The minimum atomic E-state index is -0.294. The number of fused-ring (bicyclic) bond motifs is 1. The van der Waals surface area contributed by atoms with Crippen LogP contribution in [0, 0.1) is 11.8 Å². The minimum Gasteiger partial charge on any atom is -0.375 e. The normalized spacial score (nSPS) is 21.4. The zero-order chi connectivity index (χ0) is 23.5. The van der Waals surface area contributed by atoms with Crippen molar-refractivity contribution in [2.24, 2.45) is 18.9 Å². The summed E-state index contributed by atoms with van der Waals surface area (Å²) < 4.78 is 7.79. The van der Waals surface area contributed by atoms with Crippen LogP contribution in [0.5, 0.6) is 0 Å². The van der Waals surface area contributed by atoms with E-state index in [-0.39, 0.29) is 41.5 Å². The SMILES string of the molecule is COCC(=O)N1CCN(C(=O)C2CCC(Cn3c(=O)c4ccccc4n(C)c3=O)CC2)CC1. The van der Waals surface area contributed by atoms with Crippen molar-refractivity contribution in [2.75, 3.05) is 39.9 Å². The van der Waals surface area contributed by atoms with Crippen LogP contribution in [0.1, 0.15) is 25.7 Å². The molecule has 0 atom stereocenters. The molecule has 0 radical (unpaired) electrons. The fraction of sp³-hybridized carbons (Fsp3) is 0.583. The molecule has 0 spiro atoms. The molecule has 1 saturated heterocycles. The average Bonchev–Trinajstić information content (AvgIpc) is 2.85. The first-order valence-electron chi connectivity index (χ1n) is 11.6. The standard InChI is InChI=1S/C24H32N4O5/c1-25-20-6-4-3-5-19(20)23(31)28(24(25)32)15-17-7-9-18(10-8-17)22(30)27-13-11-26(12-14-27)21(29)16-33-2/h3-6,17-18H,7-16H2,1-2H3. The Morgan fingerprint density at radius 2 is 1.61 bits per heavy atom. The van der Waals surface area contributed by atoms with E-state index in [0.29, 0.717) is 43.6 Å². The van der Waals surface area contributed by atoms with Gasteiger partial charge < -0.3 is 14.5 Å². The van der Waals surface area contributed by atoms with Gasteiger partial charge in [-0.3, -0.25) is 23.5 Å². The van der Waals surface area contributed by atoms with E-state index >= 15 is 0 Å². The van der Waals surface area contributed by atoms with E-state index < -0.39 is 0 Å². The summed E-state index contributed by atoms with van der Waals surface area (Å²) in [6.45, 7) is 2.64. The molecule has 1 saturated carbocycles. The highest BCUT2D eigenvalue weighted by molar-refractivity contribution is 5.80. The number of benzene rings is 1. The maximum atomic E-state index is 13.0. The molecule has 1 aliphatic heterocycles. The van der Waals surface area contributed by atoms with Gasteiger partial charge in [0.25, 0.3) is 5.56 Å². The van der Waals surface area contributed by atoms with Crippen LogP contribution in [-0.2, 0) is 27.9 Å². The molecule has 0 N–H and O–H groups in total. The summed E-state index contributed by atoms with van der Waals surface area (Å²) in [4.78, 5) is 54.3. The monoisotopic (exact) mass is 456 g/mol. The Morgan fingerprint density at radius 1 is 0.970 bits per heavy atom. The molecule has 2 fully saturated rings. The number of aryl methyl sites for hydroxylation is 1. The zero-order valence-electron chi connectivity index (χ0n) is 19.4. The second-order valence-corrected chi connectivity index (χ2v) is 9.13. The fourth-order valence-electron chi connectivity index (χ4n) is 5.12. The van der Waals surface area contributed by atoms with E-state index in [1.54, 1.807) is 24.1 Å². The number of carbonyl (C=O) groups is 2. The number of nitrogens with zero attached hydrogens (tertiary/aromatic N) is 4. The second-order valence-electron chi connectivity index (χ2n) is 9.13. The molecule has 2 heterocycles. The number of amides is 2. The highest BCUT2D eigenvalue weighted by atomic mass is 16.5. The van der Waals surface area contributed by atoms with Gasteiger partial charge in [-0.05, 0) is 43.7 Å². The summed E-state index contributed by atoms with van der Waals surface area (Å²) in [6, 6.07) is 7.17. The van der Waals surface area contributed by atoms with Gasteiger partial charge in [-0.25, -0.2) is 4.79 Å². The third kappa shape index (κ3) is 4.73. The van der Waals surface area contributed by atoms with Crippen molar-refractivity contribution < 1.29 is 14.3 Å². The smallest absolute Gasteiger partial charge is 0.331 e. The van der Waals surface area contributed by atoms with Crippen LogP contribution in [0.15, 0.2) is 33.9 Å². The maximum absolute atomic E-state index is 13.0. The van der Waals surface area contributed by atoms with E-state index in [1.165, 1.54) is 16.2 Å². The summed E-state index contributed by atoms with van der Waals surface area (Å²) in [5.74, 6) is 0.286. The van der Waals surface area contributed by atoms with Crippen molar-refractivity contribution in [1.29, 1.82) is 0 Å². The van der Waals surface area contributed by atoms with E-state index in [9.17, 15) is 19.2 Å². The van der Waals surface area contributed by atoms with Gasteiger partial charge in [0.15, 0.2) is 0 Å². The number of para-hydroxylation sites is 1. The van der Waals surface area contributed by atoms with Gasteiger partial charge in [-0.2, -0.15) is 0 Å². The number of rotatable bonds is 5. The third-order valence-electron chi connectivity index (χ3n) is 7.11. The van der Waals surface area contributed by atoms with Gasteiger partial charge in [0, 0.05) is 52.8 Å². The lowest BCUT2D eigenvalue weighted by Crippen LogP contribution is -2.52. The molecule has 1 aliphatic carbocycles. The van der Waals surface area contributed by atoms with Crippen molar-refractivity contribution >= 4 is 22.7 Å². The van der Waals surface area contributed by atoms with E-state index in [1.807, 2.05) is 17.0 Å². The molecule has 4 rings (SSSR count). The average molecular weight is 457 g/mol. The lowest BCUT2D eigenvalue weighted by Gasteiger charge is -2.38. The summed E-state index contributed by atoms with van der Waals surface area (Å²) in [5.41, 5.74) is 0.104. The van der Waals surface area contributed by atoms with Crippen LogP contribution in [0.3, 0.4) is 0 Å². The van der Waals surface area contributed by atoms with Gasteiger partial charge in [0.05, 0.1) is 10.9 Å². The quantitative estimate of drug-likeness (QED) is 0.664. The third-order valence-corrected chi connectivity index (χ3v) is 7.11. The Balaban J connectivity index is 1.35. The molecule has 178 valence electrons. The largest absolute Gasteiger partial charge is 0.375 e. The molecule has 0 unspecified atom stereocenters. The zero-order valence-corrected chi connectivity index (χ0v) is 19.4. The molecular formula is C24H32N4O5. The van der Waals surface area contributed by atoms with Crippen LogP contribution in [0.4, 0.5) is 0 Å². The Kier molecular flexibility index (Phi) is 6.97. The molecule has 1 aromatic heterocycles. The number of methoxy groups -OCH3 is 1. The summed E-state index contributed by atoms with van der Waals surface area (Å²) in [7, 11) is 3.20. The lowest BCUT2D eigenvalue weighted by molar-refractivity contribution is -0.144. The van der Waals surface area contributed by atoms with Crippen molar-refractivity contribution in [1.82, 2.24) is 18.9 Å². The number of hydrogen-bond acceptors (Lipinski definition) is 5. The lowest BCUT2D eigenvalue weighted by atomic mass is 9.81. The molecule has 2 aromatic rings. The Labute approximate surface area is 192 Å². The molecule has 0 bridgehead atoms. The van der Waals surface area contributed by atoms with Gasteiger partial charge in [0.2, 0.25) is 11.8 Å². The molecule has 33 heavy (non-hydrogen) atoms. The predicted molar refractivity (Wildman–Crippen MR) is 124 cm³/mol. The van der Waals surface area contributed by atoms with Gasteiger partial charge >= 0.3 is 5.69 Å².